The van der Waals surface area contributed by atoms with Crippen molar-refractivity contribution in [3.05, 3.63) is 22.8 Å². The quantitative estimate of drug-likeness (QED) is 0.602. The number of halogens is 2. The Morgan fingerprint density at radius 2 is 1.52 bits per heavy atom. The second kappa shape index (κ2) is 5.18. The van der Waals surface area contributed by atoms with Crippen molar-refractivity contribution in [2.24, 2.45) is 0 Å². The van der Waals surface area contributed by atoms with Crippen LogP contribution >= 0.6 is 0 Å². The second-order valence-electron chi connectivity index (χ2n) is 4.69. The molecule has 1 aromatic carbocycles. The van der Waals surface area contributed by atoms with E-state index in [9.17, 15) is 30.2 Å². The Kier molecular flexibility index (Phi) is 3.98. The van der Waals surface area contributed by atoms with E-state index in [-0.39, 0.29) is 24.0 Å². The smallest absolute Gasteiger partial charge is 0.306 e. The summed E-state index contributed by atoms with van der Waals surface area (Å²) in [5.74, 6) is -4.54. The summed E-state index contributed by atoms with van der Waals surface area (Å²) in [6.07, 6.45) is 1.76. The molecule has 0 fully saturated rings. The molecular weight excluding hydrogens is 330 g/mol. The SMILES string of the molecule is CS(=O)(=O)Oc1c(F)c(F)c(S(=O)(=O)[O-])c2c1CCCC2. The van der Waals surface area contributed by atoms with Gasteiger partial charge < -0.3 is 8.74 Å². The predicted octanol–water partition coefficient (Wildman–Crippen LogP) is 1.09. The lowest BCUT2D eigenvalue weighted by atomic mass is 9.90. The fourth-order valence-corrected chi connectivity index (χ4v) is 3.68. The highest BCUT2D eigenvalue weighted by molar-refractivity contribution is 7.86. The van der Waals surface area contributed by atoms with Gasteiger partial charge in [-0.05, 0) is 31.2 Å². The molecule has 0 aromatic heterocycles. The van der Waals surface area contributed by atoms with Crippen LogP contribution in [0.15, 0.2) is 4.90 Å². The molecule has 0 amide bonds. The molecule has 10 heteroatoms. The number of fused-ring (bicyclic) bond motifs is 1. The predicted molar refractivity (Wildman–Crippen MR) is 66.4 cm³/mol. The van der Waals surface area contributed by atoms with Crippen LogP contribution < -0.4 is 4.18 Å². The third kappa shape index (κ3) is 3.16. The lowest BCUT2D eigenvalue weighted by Gasteiger charge is -2.24. The summed E-state index contributed by atoms with van der Waals surface area (Å²) in [4.78, 5) is -1.25. The maximum Gasteiger partial charge on any atom is 0.306 e. The van der Waals surface area contributed by atoms with E-state index in [0.717, 1.165) is 0 Å². The average Bonchev–Trinajstić information content (AvgIpc) is 2.32. The van der Waals surface area contributed by atoms with Crippen LogP contribution in [-0.2, 0) is 33.1 Å². The van der Waals surface area contributed by atoms with Crippen LogP contribution in [0.3, 0.4) is 0 Å². The average molecular weight is 341 g/mol. The zero-order valence-corrected chi connectivity index (χ0v) is 12.5. The van der Waals surface area contributed by atoms with E-state index in [1.807, 2.05) is 0 Å². The molecule has 6 nitrogen and oxygen atoms in total. The molecule has 2 rings (SSSR count). The van der Waals surface area contributed by atoms with Crippen LogP contribution in [0.1, 0.15) is 24.0 Å². The van der Waals surface area contributed by atoms with Crippen molar-refractivity contribution in [3.8, 4) is 5.75 Å². The highest BCUT2D eigenvalue weighted by Crippen LogP contribution is 2.39. The van der Waals surface area contributed by atoms with E-state index in [0.29, 0.717) is 19.1 Å². The minimum absolute atomic E-state index is 0.0312. The molecule has 0 aliphatic heterocycles. The summed E-state index contributed by atoms with van der Waals surface area (Å²) in [5.41, 5.74) is -0.284. The Morgan fingerprint density at radius 3 is 2.00 bits per heavy atom. The van der Waals surface area contributed by atoms with Crippen LogP contribution in [0.25, 0.3) is 0 Å². The molecule has 0 bridgehead atoms. The molecule has 0 radical (unpaired) electrons. The molecule has 0 spiro atoms. The van der Waals surface area contributed by atoms with Gasteiger partial charge in [0.25, 0.3) is 0 Å². The first-order valence-corrected chi connectivity index (χ1v) is 9.13. The van der Waals surface area contributed by atoms with Crippen LogP contribution in [0, 0.1) is 11.6 Å². The maximum atomic E-state index is 13.9. The van der Waals surface area contributed by atoms with Crippen molar-refractivity contribution in [2.45, 2.75) is 30.6 Å². The summed E-state index contributed by atoms with van der Waals surface area (Å²) in [6.45, 7) is 0. The Bertz CT molecular complexity index is 799. The second-order valence-corrected chi connectivity index (χ2v) is 7.58. The third-order valence-corrected chi connectivity index (χ3v) is 4.49. The van der Waals surface area contributed by atoms with Gasteiger partial charge in [-0.1, -0.05) is 0 Å². The molecule has 118 valence electrons. The van der Waals surface area contributed by atoms with E-state index in [2.05, 4.69) is 4.18 Å². The van der Waals surface area contributed by atoms with Gasteiger partial charge in [0.05, 0.1) is 11.2 Å². The Labute approximate surface area is 120 Å². The van der Waals surface area contributed by atoms with Gasteiger partial charge in [0, 0.05) is 5.56 Å². The molecule has 0 saturated heterocycles. The first kappa shape index (κ1) is 16.1. The first-order valence-electron chi connectivity index (χ1n) is 5.90. The van der Waals surface area contributed by atoms with E-state index >= 15 is 0 Å². The molecule has 0 saturated carbocycles. The van der Waals surface area contributed by atoms with Gasteiger partial charge in [-0.2, -0.15) is 12.8 Å². The number of rotatable bonds is 3. The Morgan fingerprint density at radius 1 is 1.00 bits per heavy atom. The fourth-order valence-electron chi connectivity index (χ4n) is 2.37. The first-order chi connectivity index (χ1) is 9.52. The van der Waals surface area contributed by atoms with Crippen LogP contribution in [-0.4, -0.2) is 27.6 Å². The summed E-state index contributed by atoms with van der Waals surface area (Å²) >= 11 is 0. The molecule has 21 heavy (non-hydrogen) atoms. The topological polar surface area (TPSA) is 101 Å². The van der Waals surface area contributed by atoms with Crippen molar-refractivity contribution in [3.63, 3.8) is 0 Å². The molecule has 0 atom stereocenters. The third-order valence-electron chi connectivity index (χ3n) is 3.09. The van der Waals surface area contributed by atoms with E-state index in [4.69, 9.17) is 0 Å². The summed E-state index contributed by atoms with van der Waals surface area (Å²) in [7, 11) is -9.36. The summed E-state index contributed by atoms with van der Waals surface area (Å²) in [5, 5.41) is 0. The van der Waals surface area contributed by atoms with Gasteiger partial charge in [-0.15, -0.1) is 0 Å². The molecule has 1 aromatic rings. The molecule has 1 aliphatic rings. The van der Waals surface area contributed by atoms with Crippen LogP contribution in [0.5, 0.6) is 5.75 Å². The molecule has 0 N–H and O–H groups in total. The van der Waals surface area contributed by atoms with Gasteiger partial charge in [0.1, 0.15) is 10.1 Å². The Balaban J connectivity index is 2.85. The zero-order chi connectivity index (χ0) is 16.0. The number of benzene rings is 1. The van der Waals surface area contributed by atoms with E-state index in [1.54, 1.807) is 0 Å². The van der Waals surface area contributed by atoms with Gasteiger partial charge in [-0.25, -0.2) is 12.8 Å². The zero-order valence-electron chi connectivity index (χ0n) is 10.9. The summed E-state index contributed by atoms with van der Waals surface area (Å²) in [6, 6.07) is 0. The molecule has 0 heterocycles. The monoisotopic (exact) mass is 341 g/mol. The van der Waals surface area contributed by atoms with Gasteiger partial charge in [-0.3, -0.25) is 0 Å². The molecule has 1 aliphatic carbocycles. The largest absolute Gasteiger partial charge is 0.744 e. The highest BCUT2D eigenvalue weighted by Gasteiger charge is 2.31. The van der Waals surface area contributed by atoms with E-state index in [1.165, 1.54) is 0 Å². The van der Waals surface area contributed by atoms with E-state index < -0.39 is 42.5 Å². The normalized spacial score (nSPS) is 15.6. The van der Waals surface area contributed by atoms with Crippen molar-refractivity contribution in [1.29, 1.82) is 0 Å². The molecule has 0 unspecified atom stereocenters. The van der Waals surface area contributed by atoms with Crippen molar-refractivity contribution in [1.82, 2.24) is 0 Å². The van der Waals surface area contributed by atoms with Crippen LogP contribution in [0.2, 0.25) is 0 Å². The van der Waals surface area contributed by atoms with Crippen molar-refractivity contribution in [2.75, 3.05) is 6.26 Å². The van der Waals surface area contributed by atoms with Gasteiger partial charge >= 0.3 is 10.1 Å². The van der Waals surface area contributed by atoms with Crippen molar-refractivity contribution < 1.29 is 34.4 Å². The molecular formula is C11H11F2O6S2-. The Hall–Kier alpha value is -1.26. The number of hydrogen-bond donors (Lipinski definition) is 0. The van der Waals surface area contributed by atoms with Gasteiger partial charge in [0.2, 0.25) is 5.82 Å². The minimum Gasteiger partial charge on any atom is -0.744 e. The highest BCUT2D eigenvalue weighted by atomic mass is 32.2. The van der Waals surface area contributed by atoms with Crippen LogP contribution in [0.4, 0.5) is 8.78 Å². The number of hydrogen-bond acceptors (Lipinski definition) is 6. The van der Waals surface area contributed by atoms with Crippen molar-refractivity contribution >= 4 is 20.2 Å². The lowest BCUT2D eigenvalue weighted by molar-refractivity contribution is 0.409. The minimum atomic E-state index is -5.23. The van der Waals surface area contributed by atoms with Gasteiger partial charge in [0.15, 0.2) is 11.6 Å². The fraction of sp³-hybridized carbons (Fsp3) is 0.455. The lowest BCUT2D eigenvalue weighted by Crippen LogP contribution is -2.18. The summed E-state index contributed by atoms with van der Waals surface area (Å²) < 4.78 is 88.0. The maximum absolute atomic E-state index is 13.9. The standard InChI is InChI=1S/C11H12F2O6S2/c1-20(14,15)19-10-6-4-2-3-5-7(6)11(21(16,17)18)9(13)8(10)12/h2-5H2,1H3,(H,16,17,18)/p-1.